The third kappa shape index (κ3) is 3.16. The third-order valence-electron chi connectivity index (χ3n) is 3.97. The number of piperazine rings is 1. The Morgan fingerprint density at radius 1 is 1.32 bits per heavy atom. The van der Waals surface area contributed by atoms with Gasteiger partial charge >= 0.3 is 0 Å². The van der Waals surface area contributed by atoms with Gasteiger partial charge in [0.25, 0.3) is 5.91 Å². The molecule has 3 heteroatoms. The summed E-state index contributed by atoms with van der Waals surface area (Å²) in [5.41, 5.74) is 1.98. The SMILES string of the molecule is Cc1ccc(C(=O)N2CC(C(C)C)NCC2C)cc1. The quantitative estimate of drug-likeness (QED) is 0.886. The summed E-state index contributed by atoms with van der Waals surface area (Å²) in [5.74, 6) is 0.695. The van der Waals surface area contributed by atoms with Gasteiger partial charge in [-0.1, -0.05) is 31.5 Å². The number of carbonyl (C=O) groups excluding carboxylic acids is 1. The predicted molar refractivity (Wildman–Crippen MR) is 78.3 cm³/mol. The summed E-state index contributed by atoms with van der Waals surface area (Å²) in [7, 11) is 0. The summed E-state index contributed by atoms with van der Waals surface area (Å²) in [5, 5.41) is 3.52. The summed E-state index contributed by atoms with van der Waals surface area (Å²) >= 11 is 0. The van der Waals surface area contributed by atoms with E-state index in [4.69, 9.17) is 0 Å². The zero-order valence-electron chi connectivity index (χ0n) is 12.3. The molecule has 1 aliphatic rings. The van der Waals surface area contributed by atoms with Gasteiger partial charge in [-0.2, -0.15) is 0 Å². The van der Waals surface area contributed by atoms with E-state index in [-0.39, 0.29) is 11.9 Å². The van der Waals surface area contributed by atoms with E-state index >= 15 is 0 Å². The van der Waals surface area contributed by atoms with Crippen LogP contribution in [-0.2, 0) is 0 Å². The lowest BCUT2D eigenvalue weighted by Gasteiger charge is -2.40. The normalized spacial score (nSPS) is 23.7. The van der Waals surface area contributed by atoms with E-state index in [0.29, 0.717) is 12.0 Å². The molecule has 0 spiro atoms. The fraction of sp³-hybridized carbons (Fsp3) is 0.562. The average molecular weight is 260 g/mol. The molecule has 1 heterocycles. The molecule has 0 aromatic heterocycles. The highest BCUT2D eigenvalue weighted by Gasteiger charge is 2.30. The van der Waals surface area contributed by atoms with Crippen LogP contribution in [0.15, 0.2) is 24.3 Å². The zero-order valence-corrected chi connectivity index (χ0v) is 12.3. The molecular formula is C16H24N2O. The van der Waals surface area contributed by atoms with Crippen molar-refractivity contribution in [3.8, 4) is 0 Å². The Morgan fingerprint density at radius 3 is 2.53 bits per heavy atom. The molecule has 0 aliphatic carbocycles. The summed E-state index contributed by atoms with van der Waals surface area (Å²) < 4.78 is 0. The smallest absolute Gasteiger partial charge is 0.254 e. The van der Waals surface area contributed by atoms with Crippen molar-refractivity contribution >= 4 is 5.91 Å². The molecule has 1 fully saturated rings. The first-order valence-corrected chi connectivity index (χ1v) is 7.10. The fourth-order valence-corrected chi connectivity index (χ4v) is 2.48. The minimum Gasteiger partial charge on any atom is -0.333 e. The van der Waals surface area contributed by atoms with E-state index in [0.717, 1.165) is 18.7 Å². The second-order valence-electron chi connectivity index (χ2n) is 5.93. The van der Waals surface area contributed by atoms with E-state index in [2.05, 4.69) is 26.1 Å². The number of hydrogen-bond donors (Lipinski definition) is 1. The number of hydrogen-bond acceptors (Lipinski definition) is 2. The molecule has 0 bridgehead atoms. The van der Waals surface area contributed by atoms with Gasteiger partial charge in [0.1, 0.15) is 0 Å². The lowest BCUT2D eigenvalue weighted by molar-refractivity contribution is 0.0579. The molecule has 2 atom stereocenters. The molecule has 19 heavy (non-hydrogen) atoms. The van der Waals surface area contributed by atoms with Crippen LogP contribution in [0, 0.1) is 12.8 Å². The maximum atomic E-state index is 12.6. The van der Waals surface area contributed by atoms with Crippen LogP contribution in [0.2, 0.25) is 0 Å². The van der Waals surface area contributed by atoms with Crippen LogP contribution in [0.5, 0.6) is 0 Å². The highest BCUT2D eigenvalue weighted by atomic mass is 16.2. The number of benzene rings is 1. The molecule has 3 nitrogen and oxygen atoms in total. The second-order valence-corrected chi connectivity index (χ2v) is 5.93. The third-order valence-corrected chi connectivity index (χ3v) is 3.97. The summed E-state index contributed by atoms with van der Waals surface area (Å²) in [4.78, 5) is 14.6. The minimum absolute atomic E-state index is 0.152. The molecule has 2 rings (SSSR count). The first kappa shape index (κ1) is 14.1. The van der Waals surface area contributed by atoms with Crippen molar-refractivity contribution in [2.24, 2.45) is 5.92 Å². The van der Waals surface area contributed by atoms with Crippen LogP contribution in [0.1, 0.15) is 36.7 Å². The van der Waals surface area contributed by atoms with E-state index in [1.807, 2.05) is 36.1 Å². The zero-order chi connectivity index (χ0) is 14.0. The lowest BCUT2D eigenvalue weighted by Crippen LogP contribution is -2.58. The molecule has 1 aromatic rings. The summed E-state index contributed by atoms with van der Waals surface area (Å²) in [6.07, 6.45) is 0. The minimum atomic E-state index is 0.152. The predicted octanol–water partition coefficient (Wildman–Crippen LogP) is 2.45. The molecule has 0 saturated carbocycles. The molecule has 1 aliphatic heterocycles. The van der Waals surface area contributed by atoms with E-state index in [9.17, 15) is 4.79 Å². The molecule has 2 unspecified atom stereocenters. The van der Waals surface area contributed by atoms with Crippen molar-refractivity contribution in [2.45, 2.75) is 39.8 Å². The Kier molecular flexibility index (Phi) is 4.25. The number of aryl methyl sites for hydroxylation is 1. The van der Waals surface area contributed by atoms with Crippen LogP contribution in [0.4, 0.5) is 0 Å². The van der Waals surface area contributed by atoms with Gasteiger partial charge in [-0.15, -0.1) is 0 Å². The topological polar surface area (TPSA) is 32.3 Å². The lowest BCUT2D eigenvalue weighted by atomic mass is 9.99. The molecule has 0 radical (unpaired) electrons. The van der Waals surface area contributed by atoms with Gasteiger partial charge in [-0.3, -0.25) is 4.79 Å². The van der Waals surface area contributed by atoms with Gasteiger partial charge in [-0.05, 0) is 31.9 Å². The van der Waals surface area contributed by atoms with E-state index in [1.165, 1.54) is 5.56 Å². The van der Waals surface area contributed by atoms with Crippen molar-refractivity contribution in [3.63, 3.8) is 0 Å². The van der Waals surface area contributed by atoms with E-state index in [1.54, 1.807) is 0 Å². The molecule has 1 amide bonds. The highest BCUT2D eigenvalue weighted by Crippen LogP contribution is 2.16. The van der Waals surface area contributed by atoms with Crippen molar-refractivity contribution in [1.29, 1.82) is 0 Å². The summed E-state index contributed by atoms with van der Waals surface area (Å²) in [6, 6.07) is 8.50. The van der Waals surface area contributed by atoms with Crippen LogP contribution in [0.25, 0.3) is 0 Å². The maximum absolute atomic E-state index is 12.6. The number of nitrogens with zero attached hydrogens (tertiary/aromatic N) is 1. The van der Waals surface area contributed by atoms with Crippen molar-refractivity contribution in [2.75, 3.05) is 13.1 Å². The van der Waals surface area contributed by atoms with E-state index < -0.39 is 0 Å². The first-order valence-electron chi connectivity index (χ1n) is 7.10. The largest absolute Gasteiger partial charge is 0.333 e. The molecule has 104 valence electrons. The fourth-order valence-electron chi connectivity index (χ4n) is 2.48. The van der Waals surface area contributed by atoms with Crippen molar-refractivity contribution in [1.82, 2.24) is 10.2 Å². The van der Waals surface area contributed by atoms with Crippen LogP contribution in [0.3, 0.4) is 0 Å². The van der Waals surface area contributed by atoms with Gasteiger partial charge < -0.3 is 10.2 Å². The summed E-state index contributed by atoms with van der Waals surface area (Å²) in [6.45, 7) is 10.2. The Bertz CT molecular complexity index is 439. The van der Waals surface area contributed by atoms with Gasteiger partial charge in [-0.25, -0.2) is 0 Å². The molecule has 1 saturated heterocycles. The Morgan fingerprint density at radius 2 is 1.95 bits per heavy atom. The number of carbonyl (C=O) groups is 1. The number of rotatable bonds is 2. The van der Waals surface area contributed by atoms with Gasteiger partial charge in [0.15, 0.2) is 0 Å². The van der Waals surface area contributed by atoms with Gasteiger partial charge in [0, 0.05) is 30.7 Å². The standard InChI is InChI=1S/C16H24N2O/c1-11(2)15-10-18(13(4)9-17-15)16(19)14-7-5-12(3)6-8-14/h5-8,11,13,15,17H,9-10H2,1-4H3. The first-order chi connectivity index (χ1) is 8.99. The van der Waals surface area contributed by atoms with Crippen LogP contribution < -0.4 is 5.32 Å². The Balaban J connectivity index is 2.14. The number of amides is 1. The number of nitrogens with one attached hydrogen (secondary N) is 1. The van der Waals surface area contributed by atoms with Crippen molar-refractivity contribution in [3.05, 3.63) is 35.4 Å². The monoisotopic (exact) mass is 260 g/mol. The van der Waals surface area contributed by atoms with Gasteiger partial charge in [0.05, 0.1) is 0 Å². The molecule has 1 aromatic carbocycles. The highest BCUT2D eigenvalue weighted by molar-refractivity contribution is 5.94. The maximum Gasteiger partial charge on any atom is 0.254 e. The van der Waals surface area contributed by atoms with Crippen molar-refractivity contribution < 1.29 is 4.79 Å². The Labute approximate surface area is 116 Å². The van der Waals surface area contributed by atoms with Crippen LogP contribution in [-0.4, -0.2) is 36.0 Å². The Hall–Kier alpha value is -1.35. The van der Waals surface area contributed by atoms with Gasteiger partial charge in [0.2, 0.25) is 0 Å². The van der Waals surface area contributed by atoms with Crippen LogP contribution >= 0.6 is 0 Å². The average Bonchev–Trinajstić information content (AvgIpc) is 2.39. The second kappa shape index (κ2) is 5.74. The molecular weight excluding hydrogens is 236 g/mol. The molecule has 1 N–H and O–H groups in total.